The summed E-state index contributed by atoms with van der Waals surface area (Å²) in [6.07, 6.45) is 2.16. The van der Waals surface area contributed by atoms with E-state index < -0.39 is 10.0 Å². The van der Waals surface area contributed by atoms with E-state index in [0.717, 1.165) is 32.5 Å². The van der Waals surface area contributed by atoms with Gasteiger partial charge in [0.15, 0.2) is 0 Å². The van der Waals surface area contributed by atoms with Gasteiger partial charge in [-0.05, 0) is 39.2 Å². The zero-order chi connectivity index (χ0) is 11.1. The first-order chi connectivity index (χ1) is 7.03. The normalized spacial score (nSPS) is 33.3. The van der Waals surface area contributed by atoms with Crippen molar-refractivity contribution in [3.05, 3.63) is 0 Å². The predicted octanol–water partition coefficient (Wildman–Crippen LogP) is 0.408. The van der Waals surface area contributed by atoms with E-state index in [-0.39, 0.29) is 11.3 Å². The minimum atomic E-state index is -3.05. The van der Waals surface area contributed by atoms with Crippen LogP contribution in [0.3, 0.4) is 0 Å². The Morgan fingerprint density at radius 1 is 1.33 bits per heavy atom. The Morgan fingerprint density at radius 2 is 2.07 bits per heavy atom. The van der Waals surface area contributed by atoms with Crippen LogP contribution in [0.15, 0.2) is 0 Å². The van der Waals surface area contributed by atoms with E-state index in [1.54, 1.807) is 18.2 Å². The van der Waals surface area contributed by atoms with Crippen molar-refractivity contribution in [2.24, 2.45) is 5.92 Å². The molecule has 2 atom stereocenters. The molecule has 15 heavy (non-hydrogen) atoms. The summed E-state index contributed by atoms with van der Waals surface area (Å²) in [5, 5.41) is 3.00. The van der Waals surface area contributed by atoms with Gasteiger partial charge in [-0.3, -0.25) is 0 Å². The maximum absolute atomic E-state index is 12.1. The monoisotopic (exact) mass is 232 g/mol. The van der Waals surface area contributed by atoms with Crippen LogP contribution in [0.2, 0.25) is 0 Å². The first kappa shape index (κ1) is 11.4. The molecule has 0 aromatic rings. The molecule has 0 aromatic heterocycles. The van der Waals surface area contributed by atoms with E-state index in [1.165, 1.54) is 0 Å². The molecule has 0 bridgehead atoms. The van der Waals surface area contributed by atoms with Crippen LogP contribution in [0, 0.1) is 5.92 Å². The zero-order valence-electron chi connectivity index (χ0n) is 9.44. The van der Waals surface area contributed by atoms with E-state index in [4.69, 9.17) is 0 Å². The molecule has 2 fully saturated rings. The first-order valence-electron chi connectivity index (χ1n) is 5.75. The van der Waals surface area contributed by atoms with Gasteiger partial charge in [0, 0.05) is 19.1 Å². The van der Waals surface area contributed by atoms with Crippen LogP contribution in [-0.4, -0.2) is 43.6 Å². The Hall–Kier alpha value is -0.130. The molecule has 2 rings (SSSR count). The molecule has 2 aliphatic heterocycles. The molecule has 1 N–H and O–H groups in total. The van der Waals surface area contributed by atoms with Crippen molar-refractivity contribution in [1.29, 1.82) is 0 Å². The molecular weight excluding hydrogens is 212 g/mol. The molecule has 2 saturated heterocycles. The number of hydrogen-bond acceptors (Lipinski definition) is 3. The first-order valence-corrected chi connectivity index (χ1v) is 7.25. The zero-order valence-corrected chi connectivity index (χ0v) is 10.3. The average Bonchev–Trinajstić information content (AvgIpc) is 2.61. The standard InChI is InChI=1S/C10H20N2O2S/c1-8(2)15(13,14)12-6-4-9-3-5-11-7-10(9)12/h8-11H,3-7H2,1-2H3/t9-,10-/m1/s1. The third kappa shape index (κ3) is 1.92. The number of piperidine rings is 1. The molecule has 0 radical (unpaired) electrons. The van der Waals surface area contributed by atoms with Crippen molar-refractivity contribution in [3.63, 3.8) is 0 Å². The largest absolute Gasteiger partial charge is 0.315 e. The Balaban J connectivity index is 2.18. The number of nitrogens with one attached hydrogen (secondary N) is 1. The van der Waals surface area contributed by atoms with E-state index in [0.29, 0.717) is 5.92 Å². The molecule has 0 spiro atoms. The van der Waals surface area contributed by atoms with Gasteiger partial charge in [-0.2, -0.15) is 4.31 Å². The minimum absolute atomic E-state index is 0.214. The summed E-state index contributed by atoms with van der Waals surface area (Å²) in [5.41, 5.74) is 0. The fourth-order valence-electron chi connectivity index (χ4n) is 2.62. The van der Waals surface area contributed by atoms with E-state index in [1.807, 2.05) is 0 Å². The maximum atomic E-state index is 12.1. The minimum Gasteiger partial charge on any atom is -0.315 e. The summed E-state index contributed by atoms with van der Waals surface area (Å²) in [5.74, 6) is 0.583. The number of hydrogen-bond donors (Lipinski definition) is 1. The molecule has 2 aliphatic rings. The summed E-state index contributed by atoms with van der Waals surface area (Å²) < 4.78 is 25.9. The summed E-state index contributed by atoms with van der Waals surface area (Å²) in [4.78, 5) is 0. The second kappa shape index (κ2) is 4.03. The lowest BCUT2D eigenvalue weighted by Gasteiger charge is -2.32. The molecule has 88 valence electrons. The highest BCUT2D eigenvalue weighted by atomic mass is 32.2. The molecule has 0 amide bonds. The topological polar surface area (TPSA) is 49.4 Å². The van der Waals surface area contributed by atoms with Gasteiger partial charge in [0.05, 0.1) is 5.25 Å². The lowest BCUT2D eigenvalue weighted by Crippen LogP contribution is -2.49. The van der Waals surface area contributed by atoms with Gasteiger partial charge in [0.1, 0.15) is 0 Å². The van der Waals surface area contributed by atoms with Crippen LogP contribution < -0.4 is 5.32 Å². The van der Waals surface area contributed by atoms with Crippen molar-refractivity contribution >= 4 is 10.0 Å². The average molecular weight is 232 g/mol. The molecule has 0 saturated carbocycles. The van der Waals surface area contributed by atoms with Crippen molar-refractivity contribution in [2.75, 3.05) is 19.6 Å². The fourth-order valence-corrected chi connectivity index (χ4v) is 4.14. The van der Waals surface area contributed by atoms with Crippen molar-refractivity contribution in [1.82, 2.24) is 9.62 Å². The van der Waals surface area contributed by atoms with Gasteiger partial charge in [0.2, 0.25) is 10.0 Å². The third-order valence-corrected chi connectivity index (χ3v) is 5.90. The van der Waals surface area contributed by atoms with Crippen LogP contribution in [0.5, 0.6) is 0 Å². The maximum Gasteiger partial charge on any atom is 0.216 e. The number of rotatable bonds is 2. The molecule has 5 heteroatoms. The summed E-state index contributed by atoms with van der Waals surface area (Å²) in [7, 11) is -3.05. The van der Waals surface area contributed by atoms with E-state index in [2.05, 4.69) is 5.32 Å². The third-order valence-electron chi connectivity index (χ3n) is 3.60. The number of nitrogens with zero attached hydrogens (tertiary/aromatic N) is 1. The van der Waals surface area contributed by atoms with Gasteiger partial charge >= 0.3 is 0 Å². The van der Waals surface area contributed by atoms with Crippen molar-refractivity contribution < 1.29 is 8.42 Å². The smallest absolute Gasteiger partial charge is 0.216 e. The molecule has 0 aromatic carbocycles. The molecular formula is C10H20N2O2S. The van der Waals surface area contributed by atoms with Crippen molar-refractivity contribution in [2.45, 2.75) is 38.0 Å². The molecule has 2 heterocycles. The predicted molar refractivity (Wildman–Crippen MR) is 60.1 cm³/mol. The highest BCUT2D eigenvalue weighted by molar-refractivity contribution is 7.89. The van der Waals surface area contributed by atoms with Crippen LogP contribution in [-0.2, 0) is 10.0 Å². The van der Waals surface area contributed by atoms with Gasteiger partial charge in [0.25, 0.3) is 0 Å². The SMILES string of the molecule is CC(C)S(=O)(=O)N1CC[C@H]2CCNC[C@H]21. The highest BCUT2D eigenvalue weighted by Gasteiger charge is 2.42. The Labute approximate surface area is 92.1 Å². The molecule has 0 aliphatic carbocycles. The fraction of sp³-hybridized carbons (Fsp3) is 1.00. The summed E-state index contributed by atoms with van der Waals surface area (Å²) in [6, 6.07) is 0.214. The van der Waals surface area contributed by atoms with Gasteiger partial charge in [-0.25, -0.2) is 8.42 Å². The Kier molecular flexibility index (Phi) is 3.05. The second-order valence-corrected chi connectivity index (χ2v) is 7.26. The van der Waals surface area contributed by atoms with Crippen molar-refractivity contribution in [3.8, 4) is 0 Å². The molecule has 4 nitrogen and oxygen atoms in total. The summed E-state index contributed by atoms with van der Waals surface area (Å²) >= 11 is 0. The Morgan fingerprint density at radius 3 is 2.73 bits per heavy atom. The quantitative estimate of drug-likeness (QED) is 0.750. The Bertz CT molecular complexity index is 326. The van der Waals surface area contributed by atoms with Crippen LogP contribution >= 0.6 is 0 Å². The number of sulfonamides is 1. The lowest BCUT2D eigenvalue weighted by atomic mass is 9.94. The van der Waals surface area contributed by atoms with Gasteiger partial charge in [-0.1, -0.05) is 0 Å². The molecule has 0 unspecified atom stereocenters. The van der Waals surface area contributed by atoms with E-state index in [9.17, 15) is 8.42 Å². The van der Waals surface area contributed by atoms with Crippen LogP contribution in [0.4, 0.5) is 0 Å². The van der Waals surface area contributed by atoms with E-state index >= 15 is 0 Å². The highest BCUT2D eigenvalue weighted by Crippen LogP contribution is 2.32. The van der Waals surface area contributed by atoms with Crippen LogP contribution in [0.25, 0.3) is 0 Å². The number of fused-ring (bicyclic) bond motifs is 1. The summed E-state index contributed by atoms with van der Waals surface area (Å²) in [6.45, 7) is 6.11. The van der Waals surface area contributed by atoms with Gasteiger partial charge in [-0.15, -0.1) is 0 Å². The van der Waals surface area contributed by atoms with Crippen LogP contribution in [0.1, 0.15) is 26.7 Å². The van der Waals surface area contributed by atoms with Gasteiger partial charge < -0.3 is 5.32 Å². The lowest BCUT2D eigenvalue weighted by molar-refractivity contribution is 0.274. The second-order valence-electron chi connectivity index (χ2n) is 4.81.